The predicted octanol–water partition coefficient (Wildman–Crippen LogP) is 4.30. The van der Waals surface area contributed by atoms with Crippen LogP contribution in [0.25, 0.3) is 0 Å². The number of aromatic nitrogens is 1. The van der Waals surface area contributed by atoms with Crippen molar-refractivity contribution >= 4 is 33.0 Å². The number of sulfone groups is 1. The Labute approximate surface area is 217 Å². The van der Waals surface area contributed by atoms with Crippen molar-refractivity contribution in [3.63, 3.8) is 0 Å². The van der Waals surface area contributed by atoms with Gasteiger partial charge in [-0.1, -0.05) is 17.7 Å². The molecule has 3 saturated carbocycles. The lowest BCUT2D eigenvalue weighted by Crippen LogP contribution is -2.64. The molecule has 2 unspecified atom stereocenters. The summed E-state index contributed by atoms with van der Waals surface area (Å²) < 4.78 is 53.8. The van der Waals surface area contributed by atoms with E-state index in [1.807, 2.05) is 0 Å². The van der Waals surface area contributed by atoms with E-state index < -0.39 is 56.2 Å². The van der Waals surface area contributed by atoms with E-state index in [1.165, 1.54) is 24.4 Å². The number of hydrogen-bond acceptors (Lipinski definition) is 6. The van der Waals surface area contributed by atoms with Crippen molar-refractivity contribution < 1.29 is 32.2 Å². The zero-order chi connectivity index (χ0) is 26.5. The van der Waals surface area contributed by atoms with Gasteiger partial charge in [-0.2, -0.15) is 0 Å². The number of aliphatic hydroxyl groups excluding tert-OH is 1. The van der Waals surface area contributed by atoms with Crippen molar-refractivity contribution in [1.82, 2.24) is 4.98 Å². The Morgan fingerprint density at radius 1 is 1.08 bits per heavy atom. The molecular weight excluding hydrogens is 526 g/mol. The highest BCUT2D eigenvalue weighted by Gasteiger charge is 2.63. The molecule has 7 nitrogen and oxygen atoms in total. The smallest absolute Gasteiger partial charge is 0.255 e. The number of benzene rings is 2. The molecule has 0 saturated heterocycles. The SMILES string of the molecule is O=C(Nc1ccc(F)c(F)c1)c1ccc(Cl)c(S(=O)(=O)C2CC3CC(C2)C3(O)[C@H](O)c2cccnc2)c1. The first kappa shape index (κ1) is 25.7. The number of carbonyl (C=O) groups excluding carboxylic acids is 1. The van der Waals surface area contributed by atoms with Gasteiger partial charge < -0.3 is 15.5 Å². The molecule has 6 rings (SSSR count). The normalized spacial score (nSPS) is 25.7. The van der Waals surface area contributed by atoms with Gasteiger partial charge in [0.2, 0.25) is 0 Å². The molecule has 1 aromatic heterocycles. The number of amides is 1. The number of anilines is 1. The minimum absolute atomic E-state index is 0.00193. The summed E-state index contributed by atoms with van der Waals surface area (Å²) in [4.78, 5) is 16.5. The largest absolute Gasteiger partial charge is 0.386 e. The van der Waals surface area contributed by atoms with Crippen molar-refractivity contribution in [2.45, 2.75) is 41.1 Å². The average Bonchev–Trinajstić information content (AvgIpc) is 2.90. The van der Waals surface area contributed by atoms with Crippen molar-refractivity contribution in [2.75, 3.05) is 5.32 Å². The van der Waals surface area contributed by atoms with E-state index in [0.717, 1.165) is 18.2 Å². The molecular formula is C26H23ClF2N2O5S. The standard InChI is InChI=1S/C26H23ClF2N2O5S/c27-20-5-3-14(25(33)31-18-4-6-21(28)22(29)12-18)8-23(20)37(35,36)19-10-16-9-17(11-19)26(16,34)24(32)15-2-1-7-30-13-15/h1-8,12-13,16-17,19,24,32,34H,9-11H2,(H,31,33)/t16?,17?,19?,24-,26?/m1/s1. The average molecular weight is 549 g/mol. The Hall–Kier alpha value is -2.92. The number of rotatable bonds is 6. The number of pyridine rings is 1. The molecule has 37 heavy (non-hydrogen) atoms. The molecule has 3 aliphatic rings. The van der Waals surface area contributed by atoms with Crippen molar-refractivity contribution in [2.24, 2.45) is 11.8 Å². The van der Waals surface area contributed by atoms with E-state index in [0.29, 0.717) is 12.0 Å². The van der Waals surface area contributed by atoms with Gasteiger partial charge in [0.25, 0.3) is 5.91 Å². The van der Waals surface area contributed by atoms with Crippen LogP contribution in [-0.4, -0.2) is 40.4 Å². The second kappa shape index (κ2) is 9.43. The lowest BCUT2D eigenvalue weighted by Gasteiger charge is -2.60. The minimum atomic E-state index is -4.00. The summed E-state index contributed by atoms with van der Waals surface area (Å²) in [6.07, 6.45) is 2.66. The van der Waals surface area contributed by atoms with Gasteiger partial charge in [-0.25, -0.2) is 17.2 Å². The molecule has 0 aliphatic heterocycles. The van der Waals surface area contributed by atoms with Crippen LogP contribution in [0.5, 0.6) is 0 Å². The number of halogens is 3. The molecule has 0 spiro atoms. The molecule has 3 aliphatic carbocycles. The fraction of sp³-hybridized carbons (Fsp3) is 0.308. The number of hydrogen-bond donors (Lipinski definition) is 3. The summed E-state index contributed by atoms with van der Waals surface area (Å²) in [5, 5.41) is 23.7. The van der Waals surface area contributed by atoms with Gasteiger partial charge >= 0.3 is 0 Å². The summed E-state index contributed by atoms with van der Waals surface area (Å²) in [7, 11) is -4.00. The molecule has 2 aromatic carbocycles. The Morgan fingerprint density at radius 2 is 1.81 bits per heavy atom. The summed E-state index contributed by atoms with van der Waals surface area (Å²) in [6, 6.07) is 9.96. The maximum Gasteiger partial charge on any atom is 0.255 e. The predicted molar refractivity (Wildman–Crippen MR) is 132 cm³/mol. The lowest BCUT2D eigenvalue weighted by molar-refractivity contribution is -0.234. The van der Waals surface area contributed by atoms with Crippen LogP contribution in [0.15, 0.2) is 65.8 Å². The van der Waals surface area contributed by atoms with Crippen molar-refractivity contribution in [3.05, 3.63) is 88.7 Å². The highest BCUT2D eigenvalue weighted by Crippen LogP contribution is 2.60. The van der Waals surface area contributed by atoms with Gasteiger partial charge in [-0.15, -0.1) is 0 Å². The molecule has 3 atom stereocenters. The van der Waals surface area contributed by atoms with Crippen LogP contribution in [0, 0.1) is 23.5 Å². The van der Waals surface area contributed by atoms with E-state index in [-0.39, 0.29) is 34.0 Å². The Kier molecular flexibility index (Phi) is 6.56. The van der Waals surface area contributed by atoms with Crippen LogP contribution in [0.2, 0.25) is 5.02 Å². The third-order valence-corrected chi connectivity index (χ3v) is 10.2. The van der Waals surface area contributed by atoms with Gasteiger partial charge in [-0.3, -0.25) is 9.78 Å². The van der Waals surface area contributed by atoms with E-state index in [1.54, 1.807) is 18.3 Å². The van der Waals surface area contributed by atoms with Crippen LogP contribution in [0.3, 0.4) is 0 Å². The van der Waals surface area contributed by atoms with Crippen LogP contribution < -0.4 is 5.32 Å². The molecule has 3 N–H and O–H groups in total. The molecule has 2 bridgehead atoms. The molecule has 194 valence electrons. The topological polar surface area (TPSA) is 117 Å². The maximum absolute atomic E-state index is 13.6. The Morgan fingerprint density at radius 3 is 2.46 bits per heavy atom. The first-order chi connectivity index (χ1) is 17.5. The summed E-state index contributed by atoms with van der Waals surface area (Å²) >= 11 is 6.24. The number of nitrogens with zero attached hydrogens (tertiary/aromatic N) is 1. The van der Waals surface area contributed by atoms with E-state index in [4.69, 9.17) is 11.6 Å². The molecule has 1 heterocycles. The molecule has 3 fully saturated rings. The third-order valence-electron chi connectivity index (χ3n) is 7.53. The van der Waals surface area contributed by atoms with Crippen LogP contribution in [-0.2, 0) is 9.84 Å². The molecule has 0 radical (unpaired) electrons. The molecule has 1 amide bonds. The van der Waals surface area contributed by atoms with E-state index in [2.05, 4.69) is 10.3 Å². The quantitative estimate of drug-likeness (QED) is 0.423. The van der Waals surface area contributed by atoms with E-state index in [9.17, 15) is 32.2 Å². The molecule has 11 heteroatoms. The second-order valence-electron chi connectivity index (χ2n) is 9.57. The number of carbonyl (C=O) groups is 1. The molecule has 3 aromatic rings. The van der Waals surface area contributed by atoms with Gasteiger partial charge in [0.15, 0.2) is 21.5 Å². The summed E-state index contributed by atoms with van der Waals surface area (Å²) in [6.45, 7) is 0. The van der Waals surface area contributed by atoms with Gasteiger partial charge in [0, 0.05) is 35.3 Å². The fourth-order valence-corrected chi connectivity index (χ4v) is 7.92. The second-order valence-corrected chi connectivity index (χ2v) is 12.2. The summed E-state index contributed by atoms with van der Waals surface area (Å²) in [5.41, 5.74) is -1.02. The third kappa shape index (κ3) is 4.41. The van der Waals surface area contributed by atoms with Crippen molar-refractivity contribution in [1.29, 1.82) is 0 Å². The number of aliphatic hydroxyl groups is 2. The highest BCUT2D eigenvalue weighted by molar-refractivity contribution is 7.92. The van der Waals surface area contributed by atoms with Crippen molar-refractivity contribution in [3.8, 4) is 0 Å². The van der Waals surface area contributed by atoms with Gasteiger partial charge in [-0.05, 0) is 67.5 Å². The Balaban J connectivity index is 1.36. The number of nitrogens with one attached hydrogen (secondary N) is 1. The lowest BCUT2D eigenvalue weighted by atomic mass is 9.51. The summed E-state index contributed by atoms with van der Waals surface area (Å²) in [5.74, 6) is -3.82. The van der Waals surface area contributed by atoms with Crippen LogP contribution in [0.1, 0.15) is 41.3 Å². The fourth-order valence-electron chi connectivity index (χ4n) is 5.52. The monoisotopic (exact) mass is 548 g/mol. The van der Waals surface area contributed by atoms with Crippen LogP contribution >= 0.6 is 11.6 Å². The number of fused-ring (bicyclic) bond motifs is 2. The zero-order valence-electron chi connectivity index (χ0n) is 19.3. The first-order valence-corrected chi connectivity index (χ1v) is 13.5. The van der Waals surface area contributed by atoms with E-state index >= 15 is 0 Å². The Bertz CT molecular complexity index is 1460. The highest BCUT2D eigenvalue weighted by atomic mass is 35.5. The van der Waals surface area contributed by atoms with Gasteiger partial charge in [0.1, 0.15) is 11.7 Å². The van der Waals surface area contributed by atoms with Crippen LogP contribution in [0.4, 0.5) is 14.5 Å². The minimum Gasteiger partial charge on any atom is -0.386 e. The van der Waals surface area contributed by atoms with Gasteiger partial charge in [0.05, 0.1) is 15.2 Å². The zero-order valence-corrected chi connectivity index (χ0v) is 20.9. The first-order valence-electron chi connectivity index (χ1n) is 11.6. The maximum atomic E-state index is 13.6.